The number of benzene rings is 2. The number of anilines is 2. The molecule has 0 spiro atoms. The van der Waals surface area contributed by atoms with E-state index < -0.39 is 27.9 Å². The zero-order chi connectivity index (χ0) is 26.6. The smallest absolute Gasteiger partial charge is 0.355 e. The number of hydrogen-bond acceptors (Lipinski definition) is 10. The lowest BCUT2D eigenvalue weighted by Gasteiger charge is -2.36. The Kier molecular flexibility index (Phi) is 7.55. The molecule has 3 N–H and O–H groups in total. The van der Waals surface area contributed by atoms with Crippen LogP contribution in [-0.4, -0.2) is 47.9 Å². The maximum absolute atomic E-state index is 13.1. The Hall–Kier alpha value is -4.50. The molecule has 0 radical (unpaired) electrons. The number of nitrogens with zero attached hydrogens (tertiary/aromatic N) is 2. The molecule has 188 valence electrons. The van der Waals surface area contributed by atoms with Crippen LogP contribution in [0.15, 0.2) is 71.2 Å². The lowest BCUT2D eigenvalue weighted by atomic mass is 9.81. The normalized spacial score (nSPS) is 15.8. The van der Waals surface area contributed by atoms with E-state index in [2.05, 4.69) is 10.8 Å². The number of ether oxygens (including phenoxy) is 3. The third kappa shape index (κ3) is 4.96. The fourth-order valence-electron chi connectivity index (χ4n) is 3.88. The van der Waals surface area contributed by atoms with Gasteiger partial charge in [0, 0.05) is 6.07 Å². The highest BCUT2D eigenvalue weighted by atomic mass is 32.2. The molecular weight excluding hydrogens is 488 g/mol. The van der Waals surface area contributed by atoms with Crippen LogP contribution in [0.4, 0.5) is 11.4 Å². The lowest BCUT2D eigenvalue weighted by molar-refractivity contribution is -0.139. The molecule has 0 saturated carbocycles. The zero-order valence-corrected chi connectivity index (χ0v) is 20.8. The lowest BCUT2D eigenvalue weighted by Crippen LogP contribution is -2.40. The molecule has 0 aliphatic carbocycles. The highest BCUT2D eigenvalue weighted by Gasteiger charge is 2.43. The van der Waals surface area contributed by atoms with Gasteiger partial charge in [-0.2, -0.15) is 5.26 Å². The van der Waals surface area contributed by atoms with Gasteiger partial charge in [0.05, 0.1) is 62.1 Å². The molecule has 0 bridgehead atoms. The number of rotatable bonds is 7. The zero-order valence-electron chi connectivity index (χ0n) is 19.9. The number of esters is 2. The van der Waals surface area contributed by atoms with Crippen LogP contribution in [0.25, 0.3) is 0 Å². The number of methoxy groups -OCH3 is 3. The predicted octanol–water partition coefficient (Wildman–Crippen LogP) is 1.96. The Labute approximate surface area is 208 Å². The predicted molar refractivity (Wildman–Crippen MR) is 131 cm³/mol. The molecule has 0 aromatic heterocycles. The summed E-state index contributed by atoms with van der Waals surface area (Å²) in [6.07, 6.45) is 0.982. The van der Waals surface area contributed by atoms with Gasteiger partial charge in [0.25, 0.3) is 0 Å². The monoisotopic (exact) mass is 512 g/mol. The average molecular weight is 513 g/mol. The highest BCUT2D eigenvalue weighted by Crippen LogP contribution is 2.44. The number of hydrogen-bond donors (Lipinski definition) is 2. The molecule has 0 saturated heterocycles. The summed E-state index contributed by atoms with van der Waals surface area (Å²) in [6, 6.07) is 14.9. The highest BCUT2D eigenvalue weighted by molar-refractivity contribution is 7.92. The minimum Gasteiger partial charge on any atom is -0.494 e. The summed E-state index contributed by atoms with van der Waals surface area (Å²) in [7, 11) is -0.0112. The van der Waals surface area contributed by atoms with Crippen LogP contribution < -0.4 is 20.1 Å². The third-order valence-electron chi connectivity index (χ3n) is 5.35. The molecule has 12 heteroatoms. The SMILES string of the molecule is COC(=O)C1=C(C(=O)OC)N(c2ccc(NS(C)(=O)=O)c(OC)c2)C(N)=C(C#N)C1c1ccccc1. The van der Waals surface area contributed by atoms with Gasteiger partial charge in [0.1, 0.15) is 17.3 Å². The summed E-state index contributed by atoms with van der Waals surface area (Å²) in [5.41, 5.74) is 6.88. The van der Waals surface area contributed by atoms with Crippen molar-refractivity contribution in [2.45, 2.75) is 5.92 Å². The van der Waals surface area contributed by atoms with E-state index in [0.29, 0.717) is 5.56 Å². The first-order chi connectivity index (χ1) is 17.1. The second-order valence-corrected chi connectivity index (χ2v) is 9.34. The number of nitrogens with one attached hydrogen (secondary N) is 1. The van der Waals surface area contributed by atoms with Crippen LogP contribution in [0.3, 0.4) is 0 Å². The van der Waals surface area contributed by atoms with Gasteiger partial charge in [-0.25, -0.2) is 18.0 Å². The Bertz CT molecular complexity index is 1410. The first-order valence-corrected chi connectivity index (χ1v) is 12.3. The van der Waals surface area contributed by atoms with Crippen molar-refractivity contribution in [3.8, 4) is 11.8 Å². The maximum atomic E-state index is 13.1. The summed E-state index contributed by atoms with van der Waals surface area (Å²) in [5, 5.41) is 10.1. The number of nitriles is 1. The molecule has 2 aromatic carbocycles. The van der Waals surface area contributed by atoms with Gasteiger partial charge >= 0.3 is 11.9 Å². The second-order valence-electron chi connectivity index (χ2n) is 7.59. The Morgan fingerprint density at radius 2 is 1.69 bits per heavy atom. The molecule has 1 aliphatic rings. The summed E-state index contributed by atoms with van der Waals surface area (Å²) < 4.78 is 41.1. The van der Waals surface area contributed by atoms with Crippen LogP contribution in [0.5, 0.6) is 5.75 Å². The molecule has 0 fully saturated rings. The standard InChI is InChI=1S/C24H24N4O7S/c1-33-18-12-15(10-11-17(18)27-36(4,31)32)28-21(24(30)35-3)20(23(29)34-2)19(16(13-25)22(28)26)14-8-6-5-7-9-14/h5-12,19,27H,26H2,1-4H3. The minimum atomic E-state index is -3.63. The van der Waals surface area contributed by atoms with E-state index in [1.54, 1.807) is 30.3 Å². The van der Waals surface area contributed by atoms with Gasteiger partial charge in [-0.15, -0.1) is 0 Å². The van der Waals surface area contributed by atoms with E-state index in [-0.39, 0.29) is 39.8 Å². The maximum Gasteiger partial charge on any atom is 0.355 e. The molecule has 0 amide bonds. The van der Waals surface area contributed by atoms with Crippen LogP contribution in [-0.2, 0) is 29.1 Å². The van der Waals surface area contributed by atoms with E-state index in [9.17, 15) is 23.3 Å². The van der Waals surface area contributed by atoms with Crippen LogP contribution in [0.2, 0.25) is 0 Å². The molecule has 1 atom stereocenters. The van der Waals surface area contributed by atoms with Crippen molar-refractivity contribution in [1.82, 2.24) is 0 Å². The Balaban J connectivity index is 2.37. The van der Waals surface area contributed by atoms with Crippen molar-refractivity contribution in [2.24, 2.45) is 5.73 Å². The third-order valence-corrected chi connectivity index (χ3v) is 5.94. The minimum absolute atomic E-state index is 0.00782. The van der Waals surface area contributed by atoms with Crippen LogP contribution in [0, 0.1) is 11.3 Å². The van der Waals surface area contributed by atoms with Gasteiger partial charge < -0.3 is 19.9 Å². The van der Waals surface area contributed by atoms with Crippen molar-refractivity contribution >= 4 is 33.3 Å². The first-order valence-electron chi connectivity index (χ1n) is 10.4. The van der Waals surface area contributed by atoms with E-state index >= 15 is 0 Å². The van der Waals surface area contributed by atoms with Crippen LogP contribution in [0.1, 0.15) is 11.5 Å². The summed E-state index contributed by atoms with van der Waals surface area (Å²) in [5.74, 6) is -2.82. The van der Waals surface area contributed by atoms with Crippen molar-refractivity contribution < 1.29 is 32.2 Å². The number of nitrogens with two attached hydrogens (primary N) is 1. The fraction of sp³-hybridized carbons (Fsp3) is 0.208. The average Bonchev–Trinajstić information content (AvgIpc) is 2.86. The summed E-state index contributed by atoms with van der Waals surface area (Å²) >= 11 is 0. The Morgan fingerprint density at radius 1 is 1.06 bits per heavy atom. The molecule has 3 rings (SSSR count). The van der Waals surface area contributed by atoms with Gasteiger partial charge in [-0.3, -0.25) is 9.62 Å². The van der Waals surface area contributed by atoms with E-state index in [0.717, 1.165) is 20.5 Å². The van der Waals surface area contributed by atoms with Crippen LogP contribution >= 0.6 is 0 Å². The molecule has 1 heterocycles. The van der Waals surface area contributed by atoms with E-state index in [4.69, 9.17) is 19.9 Å². The van der Waals surface area contributed by atoms with Gasteiger partial charge in [0.15, 0.2) is 0 Å². The molecule has 1 aliphatic heterocycles. The molecular formula is C24H24N4O7S. The number of carbonyl (C=O) groups is 2. The molecule has 1 unspecified atom stereocenters. The summed E-state index contributed by atoms with van der Waals surface area (Å²) in [6.45, 7) is 0. The second kappa shape index (κ2) is 10.4. The molecule has 2 aromatic rings. The van der Waals surface area contributed by atoms with Crippen molar-refractivity contribution in [1.29, 1.82) is 5.26 Å². The van der Waals surface area contributed by atoms with Crippen molar-refractivity contribution in [3.05, 3.63) is 76.8 Å². The largest absolute Gasteiger partial charge is 0.494 e. The van der Waals surface area contributed by atoms with Gasteiger partial charge in [-0.05, 0) is 17.7 Å². The van der Waals surface area contributed by atoms with Crippen molar-refractivity contribution in [2.75, 3.05) is 37.2 Å². The van der Waals surface area contributed by atoms with Gasteiger partial charge in [0.2, 0.25) is 10.0 Å². The number of carbonyl (C=O) groups excluding carboxylic acids is 2. The van der Waals surface area contributed by atoms with E-state index in [1.807, 2.05) is 0 Å². The summed E-state index contributed by atoms with van der Waals surface area (Å²) in [4.78, 5) is 27.3. The topological polar surface area (TPSA) is 161 Å². The Morgan fingerprint density at radius 3 is 2.22 bits per heavy atom. The van der Waals surface area contributed by atoms with Crippen molar-refractivity contribution in [3.63, 3.8) is 0 Å². The van der Waals surface area contributed by atoms with E-state index in [1.165, 1.54) is 30.2 Å². The quantitative estimate of drug-likeness (QED) is 0.525. The fourth-order valence-corrected chi connectivity index (χ4v) is 4.45. The first kappa shape index (κ1) is 26.1. The van der Waals surface area contributed by atoms with Gasteiger partial charge in [-0.1, -0.05) is 30.3 Å². The number of allylic oxidation sites excluding steroid dienone is 1. The number of sulfonamides is 1. The molecule has 11 nitrogen and oxygen atoms in total. The molecule has 36 heavy (non-hydrogen) atoms.